The van der Waals surface area contributed by atoms with Crippen molar-refractivity contribution in [2.75, 3.05) is 0 Å². The van der Waals surface area contributed by atoms with Gasteiger partial charge >= 0.3 is 5.97 Å². The lowest BCUT2D eigenvalue weighted by molar-refractivity contribution is -0.153. The highest BCUT2D eigenvalue weighted by atomic mass is 16.5. The smallest absolute Gasteiger partial charge is 0.308 e. The summed E-state index contributed by atoms with van der Waals surface area (Å²) in [5, 5.41) is 0. The lowest BCUT2D eigenvalue weighted by atomic mass is 9.80. The molecule has 3 aliphatic rings. The average molecular weight is 220 g/mol. The van der Waals surface area contributed by atoms with Crippen LogP contribution in [0.5, 0.6) is 0 Å². The molecule has 0 N–H and O–H groups in total. The number of hydrogen-bond acceptors (Lipinski definition) is 2. The molecule has 0 aromatic rings. The Morgan fingerprint density at radius 1 is 1.25 bits per heavy atom. The number of rotatable bonds is 2. The summed E-state index contributed by atoms with van der Waals surface area (Å²) in [6.07, 6.45) is 8.64. The Kier molecular flexibility index (Phi) is 2.34. The molecule has 0 saturated heterocycles. The van der Waals surface area contributed by atoms with E-state index in [4.69, 9.17) is 4.74 Å². The summed E-state index contributed by atoms with van der Waals surface area (Å²) in [5.74, 6) is 2.97. The molecule has 0 aromatic heterocycles. The van der Waals surface area contributed by atoms with E-state index in [9.17, 15) is 4.79 Å². The molecule has 16 heavy (non-hydrogen) atoms. The Morgan fingerprint density at radius 2 is 2.00 bits per heavy atom. The van der Waals surface area contributed by atoms with Crippen molar-refractivity contribution in [3.63, 3.8) is 0 Å². The van der Waals surface area contributed by atoms with Crippen LogP contribution in [0.15, 0.2) is 12.2 Å². The van der Waals surface area contributed by atoms with Crippen molar-refractivity contribution in [1.82, 2.24) is 0 Å². The van der Waals surface area contributed by atoms with Gasteiger partial charge in [0.1, 0.15) is 6.10 Å². The van der Waals surface area contributed by atoms with Crippen molar-refractivity contribution in [3.05, 3.63) is 12.2 Å². The minimum atomic E-state index is -0.0435. The molecule has 2 saturated carbocycles. The molecule has 2 fully saturated rings. The first-order chi connectivity index (χ1) is 7.66. The van der Waals surface area contributed by atoms with E-state index >= 15 is 0 Å². The van der Waals surface area contributed by atoms with Crippen molar-refractivity contribution in [1.29, 1.82) is 0 Å². The molecule has 0 aromatic carbocycles. The number of fused-ring (bicyclic) bond motifs is 5. The van der Waals surface area contributed by atoms with Crippen LogP contribution in [-0.4, -0.2) is 12.1 Å². The van der Waals surface area contributed by atoms with Gasteiger partial charge in [-0.25, -0.2) is 0 Å². The molecule has 0 aliphatic heterocycles. The zero-order valence-electron chi connectivity index (χ0n) is 10.1. The first-order valence-electron chi connectivity index (χ1n) is 6.55. The molecule has 3 aliphatic carbocycles. The summed E-state index contributed by atoms with van der Waals surface area (Å²) in [6, 6.07) is 0. The van der Waals surface area contributed by atoms with Gasteiger partial charge in [0.15, 0.2) is 0 Å². The molecular formula is C14H20O2. The molecule has 0 amide bonds. The number of esters is 1. The van der Waals surface area contributed by atoms with Crippen molar-refractivity contribution in [2.24, 2.45) is 29.6 Å². The van der Waals surface area contributed by atoms with E-state index in [0.29, 0.717) is 11.8 Å². The Balaban J connectivity index is 1.70. The summed E-state index contributed by atoms with van der Waals surface area (Å²) in [4.78, 5) is 11.6. The van der Waals surface area contributed by atoms with Crippen LogP contribution in [0, 0.1) is 29.6 Å². The van der Waals surface area contributed by atoms with Crippen LogP contribution in [0.1, 0.15) is 33.1 Å². The molecule has 2 bridgehead atoms. The van der Waals surface area contributed by atoms with Crippen molar-refractivity contribution < 1.29 is 9.53 Å². The lowest BCUT2D eigenvalue weighted by Gasteiger charge is -2.29. The number of ether oxygens (including phenoxy) is 1. The van der Waals surface area contributed by atoms with Crippen LogP contribution in [0.2, 0.25) is 0 Å². The van der Waals surface area contributed by atoms with E-state index in [1.165, 1.54) is 19.3 Å². The summed E-state index contributed by atoms with van der Waals surface area (Å²) in [5.41, 5.74) is 0. The highest BCUT2D eigenvalue weighted by Gasteiger charge is 2.52. The van der Waals surface area contributed by atoms with E-state index in [1.807, 2.05) is 13.8 Å². The normalized spacial score (nSPS) is 44.1. The first kappa shape index (κ1) is 10.4. The maximum Gasteiger partial charge on any atom is 0.308 e. The van der Waals surface area contributed by atoms with Crippen LogP contribution in [0.4, 0.5) is 0 Å². The Labute approximate surface area is 97.1 Å². The maximum atomic E-state index is 11.6. The van der Waals surface area contributed by atoms with Crippen LogP contribution < -0.4 is 0 Å². The van der Waals surface area contributed by atoms with E-state index in [1.54, 1.807) is 0 Å². The molecule has 5 unspecified atom stereocenters. The summed E-state index contributed by atoms with van der Waals surface area (Å²) < 4.78 is 5.61. The second-order valence-electron chi connectivity index (χ2n) is 5.93. The molecule has 88 valence electrons. The Bertz CT molecular complexity index is 332. The van der Waals surface area contributed by atoms with Crippen molar-refractivity contribution >= 4 is 5.97 Å². The molecule has 0 heterocycles. The minimum absolute atomic E-state index is 0.00830. The summed E-state index contributed by atoms with van der Waals surface area (Å²) >= 11 is 0. The van der Waals surface area contributed by atoms with Gasteiger partial charge in [-0.1, -0.05) is 19.9 Å². The molecular weight excluding hydrogens is 200 g/mol. The van der Waals surface area contributed by atoms with Gasteiger partial charge in [-0.15, -0.1) is 0 Å². The fraction of sp³-hybridized carbons (Fsp3) is 0.786. The lowest BCUT2D eigenvalue weighted by Crippen LogP contribution is -2.31. The standard InChI is InChI=1S/C14H20O2/c1-8(2)14(15)16-12-6-5-11-9-3-4-10(7-9)13(11)12/h5-6,8-13H,3-4,7H2,1-2H3. The third kappa shape index (κ3) is 1.42. The minimum Gasteiger partial charge on any atom is -0.458 e. The third-order valence-corrected chi connectivity index (χ3v) is 4.67. The first-order valence-corrected chi connectivity index (χ1v) is 6.55. The van der Waals surface area contributed by atoms with Gasteiger partial charge < -0.3 is 4.74 Å². The largest absolute Gasteiger partial charge is 0.458 e. The van der Waals surface area contributed by atoms with Gasteiger partial charge in [0.25, 0.3) is 0 Å². The van der Waals surface area contributed by atoms with Crippen molar-refractivity contribution in [2.45, 2.75) is 39.2 Å². The predicted molar refractivity (Wildman–Crippen MR) is 61.7 cm³/mol. The maximum absolute atomic E-state index is 11.6. The highest BCUT2D eigenvalue weighted by Crippen LogP contribution is 2.56. The molecule has 2 heteroatoms. The number of hydrogen-bond donors (Lipinski definition) is 0. The quantitative estimate of drug-likeness (QED) is 0.528. The fourth-order valence-electron chi connectivity index (χ4n) is 3.91. The topological polar surface area (TPSA) is 26.3 Å². The predicted octanol–water partition coefficient (Wildman–Crippen LogP) is 2.79. The van der Waals surface area contributed by atoms with E-state index in [-0.39, 0.29) is 18.0 Å². The second kappa shape index (κ2) is 3.61. The molecule has 5 atom stereocenters. The van der Waals surface area contributed by atoms with Gasteiger partial charge in [-0.2, -0.15) is 0 Å². The average Bonchev–Trinajstić information content (AvgIpc) is 2.88. The van der Waals surface area contributed by atoms with Gasteiger partial charge in [-0.3, -0.25) is 4.79 Å². The van der Waals surface area contributed by atoms with Crippen LogP contribution in [0.25, 0.3) is 0 Å². The summed E-state index contributed by atoms with van der Waals surface area (Å²) in [6.45, 7) is 3.80. The van der Waals surface area contributed by atoms with Crippen LogP contribution >= 0.6 is 0 Å². The third-order valence-electron chi connectivity index (χ3n) is 4.67. The van der Waals surface area contributed by atoms with Crippen LogP contribution in [0.3, 0.4) is 0 Å². The van der Waals surface area contributed by atoms with Crippen molar-refractivity contribution in [3.8, 4) is 0 Å². The van der Waals surface area contributed by atoms with Gasteiger partial charge in [0.2, 0.25) is 0 Å². The number of carbonyl (C=O) groups excluding carboxylic acids is 1. The van der Waals surface area contributed by atoms with Gasteiger partial charge in [0, 0.05) is 5.92 Å². The molecule has 0 radical (unpaired) electrons. The van der Waals surface area contributed by atoms with Gasteiger partial charge in [-0.05, 0) is 43.1 Å². The van der Waals surface area contributed by atoms with E-state index in [0.717, 1.165) is 11.8 Å². The SMILES string of the molecule is CC(C)C(=O)OC1C=CC2C3CCC(C3)C12. The Morgan fingerprint density at radius 3 is 2.75 bits per heavy atom. The highest BCUT2D eigenvalue weighted by molar-refractivity contribution is 5.72. The molecule has 2 nitrogen and oxygen atoms in total. The Hall–Kier alpha value is -0.790. The number of allylic oxidation sites excluding steroid dienone is 1. The number of carbonyl (C=O) groups is 1. The molecule has 0 spiro atoms. The zero-order chi connectivity index (χ0) is 11.3. The fourth-order valence-corrected chi connectivity index (χ4v) is 3.91. The van der Waals surface area contributed by atoms with Gasteiger partial charge in [0.05, 0.1) is 5.92 Å². The second-order valence-corrected chi connectivity index (χ2v) is 5.93. The monoisotopic (exact) mass is 220 g/mol. The van der Waals surface area contributed by atoms with Crippen LogP contribution in [-0.2, 0) is 9.53 Å². The summed E-state index contributed by atoms with van der Waals surface area (Å²) in [7, 11) is 0. The van der Waals surface area contributed by atoms with E-state index in [2.05, 4.69) is 12.2 Å². The molecule has 3 rings (SSSR count). The van der Waals surface area contributed by atoms with E-state index < -0.39 is 0 Å². The zero-order valence-corrected chi connectivity index (χ0v) is 10.1.